The van der Waals surface area contributed by atoms with Crippen molar-refractivity contribution in [3.05, 3.63) is 60.0 Å². The Labute approximate surface area is 169 Å². The molecule has 0 amide bonds. The van der Waals surface area contributed by atoms with Gasteiger partial charge in [0.05, 0.1) is 17.9 Å². The minimum atomic E-state index is -0.248. The summed E-state index contributed by atoms with van der Waals surface area (Å²) in [7, 11) is 0. The predicted molar refractivity (Wildman–Crippen MR) is 111 cm³/mol. The quantitative estimate of drug-likeness (QED) is 0.520. The maximum absolute atomic E-state index is 10.1. The Morgan fingerprint density at radius 2 is 1.86 bits per heavy atom. The van der Waals surface area contributed by atoms with Crippen molar-refractivity contribution < 1.29 is 10.3 Å². The molecule has 3 aromatic rings. The maximum Gasteiger partial charge on any atom is 0.100 e. The van der Waals surface area contributed by atoms with Gasteiger partial charge in [-0.25, -0.2) is 0 Å². The molecule has 2 aliphatic carbocycles. The number of aromatic nitrogens is 3. The first-order valence-corrected chi connectivity index (χ1v) is 10.2. The Morgan fingerprint density at radius 3 is 2.66 bits per heavy atom. The molecule has 1 saturated carbocycles. The second-order valence-corrected chi connectivity index (χ2v) is 8.00. The summed E-state index contributed by atoms with van der Waals surface area (Å²) in [6, 6.07) is 10.5. The second-order valence-electron chi connectivity index (χ2n) is 8.00. The summed E-state index contributed by atoms with van der Waals surface area (Å²) in [5.74, 6) is 0. The van der Waals surface area contributed by atoms with Gasteiger partial charge < -0.3 is 10.3 Å². The van der Waals surface area contributed by atoms with Gasteiger partial charge in [0.2, 0.25) is 0 Å². The first-order chi connectivity index (χ1) is 14.2. The van der Waals surface area contributed by atoms with Crippen molar-refractivity contribution in [1.82, 2.24) is 14.8 Å². The van der Waals surface area contributed by atoms with Gasteiger partial charge in [0.15, 0.2) is 0 Å². The summed E-state index contributed by atoms with van der Waals surface area (Å²) >= 11 is 0. The first-order valence-electron chi connectivity index (χ1n) is 10.2. The smallest absolute Gasteiger partial charge is 0.100 e. The summed E-state index contributed by atoms with van der Waals surface area (Å²) in [5.41, 5.74) is 7.14. The van der Waals surface area contributed by atoms with E-state index in [4.69, 9.17) is 5.10 Å². The highest BCUT2D eigenvalue weighted by molar-refractivity contribution is 6.04. The Balaban J connectivity index is 1.60. The molecule has 0 radical (unpaired) electrons. The third-order valence-electron chi connectivity index (χ3n) is 6.16. The van der Waals surface area contributed by atoms with E-state index < -0.39 is 0 Å². The molecular weight excluding hydrogens is 364 g/mol. The number of benzene rings is 1. The van der Waals surface area contributed by atoms with E-state index in [1.54, 1.807) is 12.4 Å². The number of aliphatic hydroxyl groups is 1. The van der Waals surface area contributed by atoms with Crippen LogP contribution in [-0.2, 0) is 6.42 Å². The van der Waals surface area contributed by atoms with Gasteiger partial charge in [0.25, 0.3) is 0 Å². The zero-order valence-electron chi connectivity index (χ0n) is 16.2. The molecule has 0 aliphatic heterocycles. The highest BCUT2D eigenvalue weighted by Gasteiger charge is 2.25. The third-order valence-corrected chi connectivity index (χ3v) is 6.16. The molecular formula is C23H24N4O2. The number of rotatable bonds is 3. The molecule has 1 fully saturated rings. The fraction of sp³-hybridized carbons (Fsp3) is 0.348. The van der Waals surface area contributed by atoms with E-state index in [1.165, 1.54) is 5.56 Å². The van der Waals surface area contributed by atoms with Crippen molar-refractivity contribution in [3.63, 3.8) is 0 Å². The Kier molecular flexibility index (Phi) is 4.64. The summed E-state index contributed by atoms with van der Waals surface area (Å²) in [6.07, 6.45) is 10.8. The molecule has 6 nitrogen and oxygen atoms in total. The van der Waals surface area contributed by atoms with Gasteiger partial charge in [-0.15, -0.1) is 0 Å². The zero-order chi connectivity index (χ0) is 19.8. The normalized spacial score (nSPS) is 22.7. The minimum absolute atomic E-state index is 0.218. The lowest BCUT2D eigenvalue weighted by Crippen LogP contribution is -2.22. The maximum atomic E-state index is 10.1. The fourth-order valence-corrected chi connectivity index (χ4v) is 4.63. The van der Waals surface area contributed by atoms with Crippen LogP contribution in [0.3, 0.4) is 0 Å². The number of aryl methyl sites for hydroxylation is 1. The van der Waals surface area contributed by atoms with E-state index in [2.05, 4.69) is 28.5 Å². The number of hydrogen-bond donors (Lipinski definition) is 2. The lowest BCUT2D eigenvalue weighted by Gasteiger charge is -2.26. The van der Waals surface area contributed by atoms with Crippen molar-refractivity contribution >= 4 is 5.71 Å². The van der Waals surface area contributed by atoms with Crippen molar-refractivity contribution in [2.45, 2.75) is 50.7 Å². The van der Waals surface area contributed by atoms with Crippen LogP contribution in [-0.4, -0.2) is 36.9 Å². The molecule has 6 heteroatoms. The molecule has 2 heterocycles. The molecule has 0 saturated heterocycles. The molecule has 0 bridgehead atoms. The number of oxime groups is 1. The number of hydrogen-bond acceptors (Lipinski definition) is 5. The van der Waals surface area contributed by atoms with Crippen LogP contribution in [0.4, 0.5) is 0 Å². The summed E-state index contributed by atoms with van der Waals surface area (Å²) in [6.45, 7) is 0. The van der Waals surface area contributed by atoms with Crippen molar-refractivity contribution in [1.29, 1.82) is 0 Å². The average Bonchev–Trinajstić information content (AvgIpc) is 3.38. The molecule has 0 spiro atoms. The molecule has 148 valence electrons. The number of nitrogens with zero attached hydrogens (tertiary/aromatic N) is 4. The van der Waals surface area contributed by atoms with E-state index >= 15 is 0 Å². The highest BCUT2D eigenvalue weighted by Crippen LogP contribution is 2.37. The van der Waals surface area contributed by atoms with Gasteiger partial charge in [-0.2, -0.15) is 5.10 Å². The van der Waals surface area contributed by atoms with Gasteiger partial charge in [-0.1, -0.05) is 23.4 Å². The van der Waals surface area contributed by atoms with Crippen LogP contribution in [0.25, 0.3) is 22.4 Å². The Morgan fingerprint density at radius 1 is 1.00 bits per heavy atom. The van der Waals surface area contributed by atoms with Gasteiger partial charge in [-0.05, 0) is 61.8 Å². The number of aliphatic hydroxyl groups excluding tert-OH is 1. The number of fused-ring (bicyclic) bond motifs is 1. The van der Waals surface area contributed by atoms with Gasteiger partial charge in [0, 0.05) is 35.3 Å². The van der Waals surface area contributed by atoms with Gasteiger partial charge in [-0.3, -0.25) is 9.67 Å². The molecule has 5 rings (SSSR count). The highest BCUT2D eigenvalue weighted by atomic mass is 16.4. The molecule has 2 N–H and O–H groups in total. The lowest BCUT2D eigenvalue weighted by molar-refractivity contribution is 0.100. The van der Waals surface area contributed by atoms with Crippen molar-refractivity contribution in [3.8, 4) is 22.4 Å². The van der Waals surface area contributed by atoms with Crippen LogP contribution in [0.1, 0.15) is 49.3 Å². The van der Waals surface area contributed by atoms with Gasteiger partial charge >= 0.3 is 0 Å². The summed E-state index contributed by atoms with van der Waals surface area (Å²) < 4.78 is 2.04. The van der Waals surface area contributed by atoms with Crippen LogP contribution in [0.15, 0.2) is 54.1 Å². The fourth-order valence-electron chi connectivity index (χ4n) is 4.63. The van der Waals surface area contributed by atoms with Crippen LogP contribution >= 0.6 is 0 Å². The van der Waals surface area contributed by atoms with E-state index in [-0.39, 0.29) is 12.1 Å². The van der Waals surface area contributed by atoms with E-state index in [9.17, 15) is 10.3 Å². The van der Waals surface area contributed by atoms with Crippen LogP contribution in [0, 0.1) is 0 Å². The Bertz CT molecular complexity index is 1060. The van der Waals surface area contributed by atoms with E-state index in [0.29, 0.717) is 0 Å². The van der Waals surface area contributed by atoms with Crippen LogP contribution in [0.2, 0.25) is 0 Å². The Hall–Kier alpha value is -2.99. The largest absolute Gasteiger partial charge is 0.411 e. The minimum Gasteiger partial charge on any atom is -0.411 e. The topological polar surface area (TPSA) is 83.5 Å². The zero-order valence-corrected chi connectivity index (χ0v) is 16.2. The first kappa shape index (κ1) is 18.1. The monoisotopic (exact) mass is 388 g/mol. The SMILES string of the molecule is O/N=C1\CCc2cc(-c3cn([C@@H]4CCC[C@H](O)C4)nc3-c3ccncc3)ccc21. The van der Waals surface area contributed by atoms with Crippen molar-refractivity contribution in [2.75, 3.05) is 0 Å². The molecule has 1 aromatic carbocycles. The van der Waals surface area contributed by atoms with Crippen LogP contribution in [0.5, 0.6) is 0 Å². The number of pyridine rings is 1. The van der Waals surface area contributed by atoms with E-state index in [0.717, 1.165) is 72.2 Å². The average molecular weight is 388 g/mol. The van der Waals surface area contributed by atoms with E-state index in [1.807, 2.05) is 22.9 Å². The lowest BCUT2D eigenvalue weighted by atomic mass is 9.93. The summed E-state index contributed by atoms with van der Waals surface area (Å²) in [5, 5.41) is 27.7. The predicted octanol–water partition coefficient (Wildman–Crippen LogP) is 4.21. The molecule has 2 aliphatic rings. The molecule has 2 atom stereocenters. The second kappa shape index (κ2) is 7.44. The standard InChI is InChI=1S/C23H24N4O2/c28-19-3-1-2-18(13-19)27-14-21(23(25-27)15-8-10-24-11-9-15)17-4-6-20-16(12-17)5-7-22(20)26-29/h4,6,8-12,14,18-19,28-29H,1-3,5,7,13H2/b26-22+/t18-,19+/m1/s1. The molecule has 2 aromatic heterocycles. The molecule has 0 unspecified atom stereocenters. The van der Waals surface area contributed by atoms with Gasteiger partial charge in [0.1, 0.15) is 5.69 Å². The van der Waals surface area contributed by atoms with Crippen molar-refractivity contribution in [2.24, 2.45) is 5.16 Å². The third kappa shape index (κ3) is 3.34. The van der Waals surface area contributed by atoms with Crippen LogP contribution < -0.4 is 0 Å². The summed E-state index contributed by atoms with van der Waals surface area (Å²) in [4.78, 5) is 4.14. The molecule has 29 heavy (non-hydrogen) atoms.